The summed E-state index contributed by atoms with van der Waals surface area (Å²) < 4.78 is 15.9. The van der Waals surface area contributed by atoms with Crippen LogP contribution in [-0.2, 0) is 11.3 Å². The third-order valence-corrected chi connectivity index (χ3v) is 4.74. The fourth-order valence-electron chi connectivity index (χ4n) is 3.48. The van der Waals surface area contributed by atoms with Gasteiger partial charge in [-0.05, 0) is 50.7 Å². The summed E-state index contributed by atoms with van der Waals surface area (Å²) in [6.45, 7) is 2.39. The predicted octanol–water partition coefficient (Wildman–Crippen LogP) is 3.25. The number of carbonyl (C=O) groups is 1. The molecule has 120 valence electrons. The summed E-state index contributed by atoms with van der Waals surface area (Å²) in [5.74, 6) is -1.05. The standard InChI is InChI=1S/C17H18FN3O2/c1-10-16-14(18)6-12(8-19)7-15(16)21(20-10)9-11-2-4-13(5-3-11)17(22)23/h6-7,11,13H,2-5,9H2,1H3,(H,22,23). The van der Waals surface area contributed by atoms with Gasteiger partial charge in [-0.3, -0.25) is 9.48 Å². The van der Waals surface area contributed by atoms with Crippen molar-refractivity contribution < 1.29 is 14.3 Å². The summed E-state index contributed by atoms with van der Waals surface area (Å²) in [6.07, 6.45) is 3.02. The van der Waals surface area contributed by atoms with Gasteiger partial charge in [0.1, 0.15) is 5.82 Å². The first-order valence-corrected chi connectivity index (χ1v) is 7.79. The van der Waals surface area contributed by atoms with Gasteiger partial charge in [0.2, 0.25) is 0 Å². The van der Waals surface area contributed by atoms with Gasteiger partial charge in [-0.25, -0.2) is 4.39 Å². The van der Waals surface area contributed by atoms with Gasteiger partial charge in [0.05, 0.1) is 34.1 Å². The van der Waals surface area contributed by atoms with E-state index in [0.717, 1.165) is 12.8 Å². The summed E-state index contributed by atoms with van der Waals surface area (Å²) in [7, 11) is 0. The highest BCUT2D eigenvalue weighted by molar-refractivity contribution is 5.83. The molecule has 0 radical (unpaired) electrons. The molecule has 3 rings (SSSR count). The van der Waals surface area contributed by atoms with Crippen molar-refractivity contribution in [1.82, 2.24) is 9.78 Å². The topological polar surface area (TPSA) is 78.9 Å². The molecule has 1 N–H and O–H groups in total. The molecule has 1 saturated carbocycles. The molecular formula is C17H18FN3O2. The zero-order valence-corrected chi connectivity index (χ0v) is 12.9. The van der Waals surface area contributed by atoms with Gasteiger partial charge in [0.15, 0.2) is 0 Å². The highest BCUT2D eigenvalue weighted by atomic mass is 19.1. The van der Waals surface area contributed by atoms with E-state index in [1.807, 2.05) is 6.07 Å². The second-order valence-corrected chi connectivity index (χ2v) is 6.29. The molecule has 1 aliphatic rings. The van der Waals surface area contributed by atoms with Crippen molar-refractivity contribution in [1.29, 1.82) is 5.26 Å². The maximum absolute atomic E-state index is 14.2. The number of aliphatic carboxylic acids is 1. The fraction of sp³-hybridized carbons (Fsp3) is 0.471. The van der Waals surface area contributed by atoms with E-state index in [-0.39, 0.29) is 11.5 Å². The molecule has 0 amide bonds. The van der Waals surface area contributed by atoms with Crippen molar-refractivity contribution in [2.45, 2.75) is 39.2 Å². The highest BCUT2D eigenvalue weighted by Gasteiger charge is 2.27. The van der Waals surface area contributed by atoms with Crippen molar-refractivity contribution >= 4 is 16.9 Å². The van der Waals surface area contributed by atoms with Crippen molar-refractivity contribution in [2.75, 3.05) is 0 Å². The molecule has 1 aliphatic carbocycles. The van der Waals surface area contributed by atoms with Crippen LogP contribution in [0.5, 0.6) is 0 Å². The second kappa shape index (κ2) is 5.99. The summed E-state index contributed by atoms with van der Waals surface area (Å²) in [4.78, 5) is 11.0. The molecule has 5 nitrogen and oxygen atoms in total. The zero-order chi connectivity index (χ0) is 16.6. The van der Waals surface area contributed by atoms with Gasteiger partial charge < -0.3 is 5.11 Å². The van der Waals surface area contributed by atoms with Crippen LogP contribution in [0, 0.1) is 35.9 Å². The molecule has 1 aromatic heterocycles. The second-order valence-electron chi connectivity index (χ2n) is 6.29. The average Bonchev–Trinajstić information content (AvgIpc) is 2.84. The lowest BCUT2D eigenvalue weighted by molar-refractivity contribution is -0.143. The number of fused-ring (bicyclic) bond motifs is 1. The number of benzene rings is 1. The van der Waals surface area contributed by atoms with E-state index < -0.39 is 11.8 Å². The summed E-state index contributed by atoms with van der Waals surface area (Å²) in [5, 5.41) is 23.0. The summed E-state index contributed by atoms with van der Waals surface area (Å²) in [5.41, 5.74) is 1.53. The summed E-state index contributed by atoms with van der Waals surface area (Å²) in [6, 6.07) is 4.88. The molecule has 1 heterocycles. The Morgan fingerprint density at radius 1 is 1.43 bits per heavy atom. The molecule has 6 heteroatoms. The Morgan fingerprint density at radius 2 is 2.13 bits per heavy atom. The van der Waals surface area contributed by atoms with Crippen molar-refractivity contribution in [3.8, 4) is 6.07 Å². The molecule has 0 bridgehead atoms. The lowest BCUT2D eigenvalue weighted by Crippen LogP contribution is -2.24. The molecule has 0 atom stereocenters. The first-order chi connectivity index (χ1) is 11.0. The van der Waals surface area contributed by atoms with E-state index in [2.05, 4.69) is 5.10 Å². The fourth-order valence-corrected chi connectivity index (χ4v) is 3.48. The van der Waals surface area contributed by atoms with Crippen LogP contribution in [0.2, 0.25) is 0 Å². The van der Waals surface area contributed by atoms with Gasteiger partial charge in [-0.1, -0.05) is 0 Å². The van der Waals surface area contributed by atoms with E-state index in [1.54, 1.807) is 17.7 Å². The number of carboxylic acids is 1. The maximum Gasteiger partial charge on any atom is 0.306 e. The number of aromatic nitrogens is 2. The number of hydrogen-bond donors (Lipinski definition) is 1. The van der Waals surface area contributed by atoms with Gasteiger partial charge >= 0.3 is 5.97 Å². The number of hydrogen-bond acceptors (Lipinski definition) is 3. The molecule has 0 aliphatic heterocycles. The largest absolute Gasteiger partial charge is 0.481 e. The number of carboxylic acid groups (broad SMARTS) is 1. The van der Waals surface area contributed by atoms with E-state index in [1.165, 1.54) is 6.07 Å². The van der Waals surface area contributed by atoms with Gasteiger partial charge in [-0.15, -0.1) is 0 Å². The van der Waals surface area contributed by atoms with Crippen LogP contribution in [0.3, 0.4) is 0 Å². The maximum atomic E-state index is 14.2. The predicted molar refractivity (Wildman–Crippen MR) is 82.2 cm³/mol. The van der Waals surface area contributed by atoms with Crippen LogP contribution in [0.1, 0.15) is 36.9 Å². The van der Waals surface area contributed by atoms with Crippen LogP contribution in [0.25, 0.3) is 10.9 Å². The van der Waals surface area contributed by atoms with E-state index >= 15 is 0 Å². The van der Waals surface area contributed by atoms with Gasteiger partial charge in [-0.2, -0.15) is 10.4 Å². The van der Waals surface area contributed by atoms with Crippen LogP contribution in [-0.4, -0.2) is 20.9 Å². The minimum Gasteiger partial charge on any atom is -0.481 e. The van der Waals surface area contributed by atoms with Crippen LogP contribution in [0.4, 0.5) is 4.39 Å². The van der Waals surface area contributed by atoms with Crippen LogP contribution >= 0.6 is 0 Å². The lowest BCUT2D eigenvalue weighted by Gasteiger charge is -2.26. The Kier molecular flexibility index (Phi) is 4.03. The monoisotopic (exact) mass is 315 g/mol. The third-order valence-electron chi connectivity index (χ3n) is 4.74. The Morgan fingerprint density at radius 3 is 2.74 bits per heavy atom. The highest BCUT2D eigenvalue weighted by Crippen LogP contribution is 2.31. The van der Waals surface area contributed by atoms with E-state index in [9.17, 15) is 9.18 Å². The minimum absolute atomic E-state index is 0.245. The Bertz CT molecular complexity index is 798. The molecule has 0 spiro atoms. The lowest BCUT2D eigenvalue weighted by atomic mass is 9.82. The smallest absolute Gasteiger partial charge is 0.306 e. The SMILES string of the molecule is Cc1nn(CC2CCC(C(=O)O)CC2)c2cc(C#N)cc(F)c12. The normalized spacial score (nSPS) is 21.3. The number of rotatable bonds is 3. The Labute approximate surface area is 133 Å². The Balaban J connectivity index is 1.85. The molecule has 0 unspecified atom stereocenters. The van der Waals surface area contributed by atoms with E-state index in [4.69, 9.17) is 10.4 Å². The molecule has 2 aromatic rings. The zero-order valence-electron chi connectivity index (χ0n) is 12.9. The van der Waals surface area contributed by atoms with Crippen molar-refractivity contribution in [2.24, 2.45) is 11.8 Å². The molecule has 23 heavy (non-hydrogen) atoms. The van der Waals surface area contributed by atoms with Crippen molar-refractivity contribution in [3.05, 3.63) is 29.2 Å². The number of aryl methyl sites for hydroxylation is 1. The number of nitrogens with zero attached hydrogens (tertiary/aromatic N) is 3. The van der Waals surface area contributed by atoms with Gasteiger partial charge in [0, 0.05) is 6.54 Å². The molecule has 1 fully saturated rings. The number of halogens is 1. The quantitative estimate of drug-likeness (QED) is 0.943. The van der Waals surface area contributed by atoms with Crippen LogP contribution in [0.15, 0.2) is 12.1 Å². The molecule has 0 saturated heterocycles. The van der Waals surface area contributed by atoms with Gasteiger partial charge in [0.25, 0.3) is 0 Å². The summed E-state index contributed by atoms with van der Waals surface area (Å²) >= 11 is 0. The first kappa shape index (κ1) is 15.5. The average molecular weight is 315 g/mol. The number of nitriles is 1. The first-order valence-electron chi connectivity index (χ1n) is 7.79. The Hall–Kier alpha value is -2.42. The molecule has 1 aromatic carbocycles. The minimum atomic E-state index is -0.718. The molecular weight excluding hydrogens is 297 g/mol. The van der Waals surface area contributed by atoms with Crippen LogP contribution < -0.4 is 0 Å². The van der Waals surface area contributed by atoms with Crippen molar-refractivity contribution in [3.63, 3.8) is 0 Å². The third kappa shape index (κ3) is 2.91. The van der Waals surface area contributed by atoms with E-state index in [0.29, 0.717) is 41.9 Å².